The molecule has 2 aromatic rings. The molecule has 0 fully saturated rings. The summed E-state index contributed by atoms with van der Waals surface area (Å²) >= 11 is 1.77. The summed E-state index contributed by atoms with van der Waals surface area (Å²) in [5.74, 6) is 0. The zero-order chi connectivity index (χ0) is 11.4. The van der Waals surface area contributed by atoms with Crippen LogP contribution in [-0.2, 0) is 6.42 Å². The average molecular weight is 232 g/mol. The van der Waals surface area contributed by atoms with Gasteiger partial charge < -0.3 is 5.32 Å². The van der Waals surface area contributed by atoms with Gasteiger partial charge >= 0.3 is 0 Å². The van der Waals surface area contributed by atoms with Crippen molar-refractivity contribution in [1.29, 1.82) is 0 Å². The van der Waals surface area contributed by atoms with Crippen LogP contribution in [0.4, 0.5) is 0 Å². The van der Waals surface area contributed by atoms with Crippen molar-refractivity contribution in [3.05, 3.63) is 52.0 Å². The lowest BCUT2D eigenvalue weighted by atomic mass is 10.0. The van der Waals surface area contributed by atoms with Gasteiger partial charge in [0, 0.05) is 11.1 Å². The average Bonchev–Trinajstić information content (AvgIpc) is 2.84. The normalized spacial score (nSPS) is 12.6. The largest absolute Gasteiger partial charge is 0.307 e. The summed E-state index contributed by atoms with van der Waals surface area (Å²) in [5.41, 5.74) is 2.46. The summed E-state index contributed by atoms with van der Waals surface area (Å²) in [5, 5.41) is 5.45. The minimum atomic E-state index is 0.219. The number of aromatic nitrogens is 1. The Bertz CT molecular complexity index is 437. The summed E-state index contributed by atoms with van der Waals surface area (Å²) in [4.78, 5) is 5.84. The number of rotatable bonds is 4. The van der Waals surface area contributed by atoms with E-state index < -0.39 is 0 Å². The Labute approximate surface area is 100 Å². The molecule has 0 aromatic carbocycles. The fourth-order valence-corrected chi connectivity index (χ4v) is 2.72. The molecule has 0 radical (unpaired) electrons. The van der Waals surface area contributed by atoms with E-state index in [0.717, 1.165) is 12.1 Å². The highest BCUT2D eigenvalue weighted by Crippen LogP contribution is 2.26. The van der Waals surface area contributed by atoms with E-state index in [1.54, 1.807) is 11.3 Å². The second kappa shape index (κ2) is 5.23. The highest BCUT2D eigenvalue weighted by molar-refractivity contribution is 7.10. The fourth-order valence-electron chi connectivity index (χ4n) is 1.88. The molecule has 2 heterocycles. The first-order valence-corrected chi connectivity index (χ1v) is 6.39. The summed E-state index contributed by atoms with van der Waals surface area (Å²) < 4.78 is 0. The van der Waals surface area contributed by atoms with Gasteiger partial charge in [-0.3, -0.25) is 4.98 Å². The number of nitrogens with one attached hydrogen (secondary N) is 1. The van der Waals surface area contributed by atoms with E-state index in [-0.39, 0.29) is 6.04 Å². The predicted octanol–water partition coefficient (Wildman–Crippen LogP) is 3.01. The van der Waals surface area contributed by atoms with Crippen LogP contribution in [0, 0.1) is 0 Å². The van der Waals surface area contributed by atoms with E-state index in [1.165, 1.54) is 10.4 Å². The zero-order valence-corrected chi connectivity index (χ0v) is 10.4. The number of aryl methyl sites for hydroxylation is 1. The van der Waals surface area contributed by atoms with E-state index in [2.05, 4.69) is 40.8 Å². The Morgan fingerprint density at radius 1 is 1.38 bits per heavy atom. The quantitative estimate of drug-likeness (QED) is 0.876. The third kappa shape index (κ3) is 2.15. The molecule has 2 nitrogen and oxygen atoms in total. The molecule has 84 valence electrons. The zero-order valence-electron chi connectivity index (χ0n) is 9.60. The van der Waals surface area contributed by atoms with Gasteiger partial charge in [-0.15, -0.1) is 11.3 Å². The molecule has 0 amide bonds. The summed E-state index contributed by atoms with van der Waals surface area (Å²) in [7, 11) is 1.98. The standard InChI is InChI=1S/C13H16N2S/c1-3-10-6-4-8-15-12(10)13(14-2)11-7-5-9-16-11/h4-9,13-14H,3H2,1-2H3. The second-order valence-electron chi connectivity index (χ2n) is 3.64. The molecule has 0 aliphatic rings. The molecule has 0 saturated heterocycles. The molecule has 0 aliphatic heterocycles. The van der Waals surface area contributed by atoms with E-state index in [4.69, 9.17) is 0 Å². The van der Waals surface area contributed by atoms with Crippen molar-refractivity contribution in [2.75, 3.05) is 7.05 Å². The fraction of sp³-hybridized carbons (Fsp3) is 0.308. The van der Waals surface area contributed by atoms with Crippen molar-refractivity contribution in [1.82, 2.24) is 10.3 Å². The van der Waals surface area contributed by atoms with Gasteiger partial charge in [0.1, 0.15) is 0 Å². The number of nitrogens with zero attached hydrogens (tertiary/aromatic N) is 1. The molecule has 0 bridgehead atoms. The lowest BCUT2D eigenvalue weighted by molar-refractivity contribution is 0.673. The third-order valence-electron chi connectivity index (χ3n) is 2.70. The van der Waals surface area contributed by atoms with Crippen LogP contribution in [0.25, 0.3) is 0 Å². The van der Waals surface area contributed by atoms with Gasteiger partial charge in [-0.2, -0.15) is 0 Å². The Kier molecular flexibility index (Phi) is 3.70. The first-order valence-electron chi connectivity index (χ1n) is 5.51. The molecule has 1 atom stereocenters. The van der Waals surface area contributed by atoms with Gasteiger partial charge in [-0.05, 0) is 36.5 Å². The molecular formula is C13H16N2S. The molecule has 3 heteroatoms. The van der Waals surface area contributed by atoms with Crippen molar-refractivity contribution in [2.45, 2.75) is 19.4 Å². The van der Waals surface area contributed by atoms with Gasteiger partial charge in [0.15, 0.2) is 0 Å². The van der Waals surface area contributed by atoms with Crippen LogP contribution < -0.4 is 5.32 Å². The number of hydrogen-bond acceptors (Lipinski definition) is 3. The molecule has 16 heavy (non-hydrogen) atoms. The van der Waals surface area contributed by atoms with E-state index in [0.29, 0.717) is 0 Å². The van der Waals surface area contributed by atoms with Gasteiger partial charge in [0.25, 0.3) is 0 Å². The molecule has 0 spiro atoms. The smallest absolute Gasteiger partial charge is 0.0845 e. The number of pyridine rings is 1. The highest BCUT2D eigenvalue weighted by Gasteiger charge is 2.16. The minimum absolute atomic E-state index is 0.219. The van der Waals surface area contributed by atoms with Crippen molar-refractivity contribution in [2.24, 2.45) is 0 Å². The van der Waals surface area contributed by atoms with Crippen LogP contribution in [0.2, 0.25) is 0 Å². The van der Waals surface area contributed by atoms with Gasteiger partial charge in [-0.1, -0.05) is 19.1 Å². The lowest BCUT2D eigenvalue weighted by Crippen LogP contribution is -2.19. The molecule has 0 aliphatic carbocycles. The topological polar surface area (TPSA) is 24.9 Å². The molecule has 1 unspecified atom stereocenters. The molecule has 2 rings (SSSR count). The Morgan fingerprint density at radius 3 is 2.88 bits per heavy atom. The van der Waals surface area contributed by atoms with Crippen molar-refractivity contribution in [3.63, 3.8) is 0 Å². The van der Waals surface area contributed by atoms with Crippen molar-refractivity contribution in [3.8, 4) is 0 Å². The SMILES string of the molecule is CCc1cccnc1C(NC)c1cccs1. The van der Waals surface area contributed by atoms with Crippen molar-refractivity contribution < 1.29 is 0 Å². The summed E-state index contributed by atoms with van der Waals surface area (Å²) in [6.07, 6.45) is 2.89. The van der Waals surface area contributed by atoms with Crippen molar-refractivity contribution >= 4 is 11.3 Å². The van der Waals surface area contributed by atoms with E-state index >= 15 is 0 Å². The maximum atomic E-state index is 4.52. The van der Waals surface area contributed by atoms with Gasteiger partial charge in [0.05, 0.1) is 11.7 Å². The van der Waals surface area contributed by atoms with Gasteiger partial charge in [0.2, 0.25) is 0 Å². The second-order valence-corrected chi connectivity index (χ2v) is 4.62. The van der Waals surface area contributed by atoms with E-state index in [1.807, 2.05) is 19.3 Å². The highest BCUT2D eigenvalue weighted by atomic mass is 32.1. The Morgan fingerprint density at radius 2 is 2.25 bits per heavy atom. The van der Waals surface area contributed by atoms with Crippen LogP contribution >= 0.6 is 11.3 Å². The first kappa shape index (κ1) is 11.3. The van der Waals surface area contributed by atoms with Crippen LogP contribution in [0.5, 0.6) is 0 Å². The first-order chi connectivity index (χ1) is 7.86. The molecule has 2 aromatic heterocycles. The maximum Gasteiger partial charge on any atom is 0.0845 e. The van der Waals surface area contributed by atoms with Gasteiger partial charge in [-0.25, -0.2) is 0 Å². The monoisotopic (exact) mass is 232 g/mol. The number of hydrogen-bond donors (Lipinski definition) is 1. The Hall–Kier alpha value is -1.19. The molecular weight excluding hydrogens is 216 g/mol. The molecule has 1 N–H and O–H groups in total. The van der Waals surface area contributed by atoms with E-state index in [9.17, 15) is 0 Å². The van der Waals surface area contributed by atoms with Crippen LogP contribution in [-0.4, -0.2) is 12.0 Å². The van der Waals surface area contributed by atoms with Crippen LogP contribution in [0.15, 0.2) is 35.8 Å². The Balaban J connectivity index is 2.41. The summed E-state index contributed by atoms with van der Waals surface area (Å²) in [6.45, 7) is 2.17. The summed E-state index contributed by atoms with van der Waals surface area (Å²) in [6, 6.07) is 8.61. The predicted molar refractivity (Wildman–Crippen MR) is 68.8 cm³/mol. The lowest BCUT2D eigenvalue weighted by Gasteiger charge is -2.16. The minimum Gasteiger partial charge on any atom is -0.307 e. The van der Waals surface area contributed by atoms with Crippen LogP contribution in [0.3, 0.4) is 0 Å². The molecule has 0 saturated carbocycles. The number of thiophene rings is 1. The third-order valence-corrected chi connectivity index (χ3v) is 3.63. The van der Waals surface area contributed by atoms with Crippen LogP contribution in [0.1, 0.15) is 29.1 Å². The maximum absolute atomic E-state index is 4.52.